The molecule has 0 saturated carbocycles. The van der Waals surface area contributed by atoms with E-state index < -0.39 is 15.9 Å². The molecule has 2 rings (SSSR count). The van der Waals surface area contributed by atoms with Gasteiger partial charge in [0, 0.05) is 37.0 Å². The van der Waals surface area contributed by atoms with Crippen LogP contribution in [0.1, 0.15) is 40.1 Å². The summed E-state index contributed by atoms with van der Waals surface area (Å²) in [6.07, 6.45) is 0. The molecule has 0 aliphatic heterocycles. The van der Waals surface area contributed by atoms with Crippen molar-refractivity contribution in [3.8, 4) is 0 Å². The molecule has 0 aromatic heterocycles. The highest BCUT2D eigenvalue weighted by molar-refractivity contribution is 7.89. The van der Waals surface area contributed by atoms with Crippen LogP contribution in [0.3, 0.4) is 0 Å². The average Bonchev–Trinajstić information content (AvgIpc) is 2.69. The van der Waals surface area contributed by atoms with E-state index in [2.05, 4.69) is 10.6 Å². The number of nitrogens with one attached hydrogen (secondary N) is 2. The Bertz CT molecular complexity index is 983. The molecule has 7 nitrogen and oxygen atoms in total. The Morgan fingerprint density at radius 2 is 1.64 bits per heavy atom. The van der Waals surface area contributed by atoms with E-state index in [9.17, 15) is 18.0 Å². The fraction of sp³-hybridized carbons (Fsp3) is 0.300. The van der Waals surface area contributed by atoms with E-state index in [4.69, 9.17) is 0 Å². The van der Waals surface area contributed by atoms with Gasteiger partial charge in [-0.3, -0.25) is 9.59 Å². The van der Waals surface area contributed by atoms with Gasteiger partial charge in [0.15, 0.2) is 0 Å². The molecule has 2 amide bonds. The Labute approximate surface area is 165 Å². The third-order valence-electron chi connectivity index (χ3n) is 4.49. The molecule has 0 heterocycles. The van der Waals surface area contributed by atoms with Crippen LogP contribution < -0.4 is 10.6 Å². The van der Waals surface area contributed by atoms with Crippen molar-refractivity contribution >= 4 is 27.5 Å². The molecule has 150 valence electrons. The summed E-state index contributed by atoms with van der Waals surface area (Å²) in [4.78, 5) is 24.7. The molecule has 0 spiro atoms. The zero-order valence-corrected chi connectivity index (χ0v) is 17.3. The van der Waals surface area contributed by atoms with Gasteiger partial charge in [-0.2, -0.15) is 4.31 Å². The van der Waals surface area contributed by atoms with Gasteiger partial charge in [0.05, 0.1) is 4.90 Å². The van der Waals surface area contributed by atoms with E-state index in [0.717, 1.165) is 0 Å². The van der Waals surface area contributed by atoms with Crippen molar-refractivity contribution in [3.63, 3.8) is 0 Å². The SMILES string of the molecule is CCN(CC)S(=O)(=O)c1cccc(C(=O)Nc2cccc(C(=O)NC)c2C)c1. The van der Waals surface area contributed by atoms with Gasteiger partial charge in [-0.05, 0) is 42.8 Å². The predicted octanol–water partition coefficient (Wildman–Crippen LogP) is 2.64. The first-order valence-corrected chi connectivity index (χ1v) is 10.4. The van der Waals surface area contributed by atoms with Gasteiger partial charge in [-0.15, -0.1) is 0 Å². The van der Waals surface area contributed by atoms with Crippen molar-refractivity contribution in [2.75, 3.05) is 25.5 Å². The van der Waals surface area contributed by atoms with Crippen LogP contribution in [0, 0.1) is 6.92 Å². The number of hydrogen-bond acceptors (Lipinski definition) is 4. The molecule has 0 fully saturated rings. The Balaban J connectivity index is 2.34. The summed E-state index contributed by atoms with van der Waals surface area (Å²) >= 11 is 0. The smallest absolute Gasteiger partial charge is 0.255 e. The predicted molar refractivity (Wildman–Crippen MR) is 109 cm³/mol. The van der Waals surface area contributed by atoms with Crippen molar-refractivity contribution in [1.29, 1.82) is 0 Å². The van der Waals surface area contributed by atoms with Gasteiger partial charge in [-0.1, -0.05) is 26.0 Å². The van der Waals surface area contributed by atoms with Crippen LogP contribution in [0.2, 0.25) is 0 Å². The number of benzene rings is 2. The minimum atomic E-state index is -3.66. The molecule has 0 saturated heterocycles. The van der Waals surface area contributed by atoms with Crippen molar-refractivity contribution < 1.29 is 18.0 Å². The highest BCUT2D eigenvalue weighted by Gasteiger charge is 2.22. The van der Waals surface area contributed by atoms with Gasteiger partial charge < -0.3 is 10.6 Å². The molecule has 0 radical (unpaired) electrons. The maximum absolute atomic E-state index is 12.7. The lowest BCUT2D eigenvalue weighted by Gasteiger charge is -2.18. The fourth-order valence-corrected chi connectivity index (χ4v) is 4.36. The quantitative estimate of drug-likeness (QED) is 0.743. The molecule has 0 aliphatic rings. The van der Waals surface area contributed by atoms with Gasteiger partial charge in [-0.25, -0.2) is 8.42 Å². The molecule has 2 aromatic carbocycles. The van der Waals surface area contributed by atoms with Crippen LogP contribution in [-0.4, -0.2) is 44.7 Å². The van der Waals surface area contributed by atoms with E-state index in [-0.39, 0.29) is 16.4 Å². The van der Waals surface area contributed by atoms with Crippen molar-refractivity contribution in [3.05, 3.63) is 59.2 Å². The lowest BCUT2D eigenvalue weighted by molar-refractivity contribution is 0.0960. The van der Waals surface area contributed by atoms with Crippen molar-refractivity contribution in [2.24, 2.45) is 0 Å². The molecular weight excluding hydrogens is 378 g/mol. The molecule has 0 aliphatic carbocycles. The third-order valence-corrected chi connectivity index (χ3v) is 6.54. The molecule has 0 bridgehead atoms. The molecule has 2 N–H and O–H groups in total. The lowest BCUT2D eigenvalue weighted by Crippen LogP contribution is -2.30. The third kappa shape index (κ3) is 4.40. The first-order chi connectivity index (χ1) is 13.3. The minimum absolute atomic E-state index is 0.0692. The monoisotopic (exact) mass is 403 g/mol. The molecule has 8 heteroatoms. The van der Waals surface area contributed by atoms with E-state index in [1.165, 1.54) is 23.5 Å². The average molecular weight is 404 g/mol. The fourth-order valence-electron chi connectivity index (χ4n) is 2.86. The number of carbonyl (C=O) groups excluding carboxylic acids is 2. The molecule has 0 atom stereocenters. The van der Waals surface area contributed by atoms with Crippen molar-refractivity contribution in [1.82, 2.24) is 9.62 Å². The largest absolute Gasteiger partial charge is 0.355 e. The first kappa shape index (κ1) is 21.6. The van der Waals surface area contributed by atoms with Crippen LogP contribution in [-0.2, 0) is 10.0 Å². The standard InChI is InChI=1S/C20H25N3O4S/c1-5-23(6-2)28(26,27)16-10-7-9-15(13-16)19(24)22-18-12-8-11-17(14(18)3)20(25)21-4/h7-13H,5-6H2,1-4H3,(H,21,25)(H,22,24). The molecular formula is C20H25N3O4S. The summed E-state index contributed by atoms with van der Waals surface area (Å²) in [6, 6.07) is 11.0. The molecule has 0 unspecified atom stereocenters. The minimum Gasteiger partial charge on any atom is -0.355 e. The van der Waals surface area contributed by atoms with Crippen molar-refractivity contribution in [2.45, 2.75) is 25.7 Å². The number of anilines is 1. The second kappa shape index (κ2) is 8.99. The second-order valence-corrected chi connectivity index (χ2v) is 8.07. The van der Waals surface area contributed by atoms with Gasteiger partial charge in [0.2, 0.25) is 10.0 Å². The maximum Gasteiger partial charge on any atom is 0.255 e. The zero-order chi connectivity index (χ0) is 20.9. The van der Waals surface area contributed by atoms with E-state index in [0.29, 0.717) is 29.9 Å². The number of hydrogen-bond donors (Lipinski definition) is 2. The summed E-state index contributed by atoms with van der Waals surface area (Å²) in [5.41, 5.74) is 1.79. The Kier molecular flexibility index (Phi) is 6.93. The Hall–Kier alpha value is -2.71. The highest BCUT2D eigenvalue weighted by Crippen LogP contribution is 2.21. The Morgan fingerprint density at radius 3 is 2.25 bits per heavy atom. The highest BCUT2D eigenvalue weighted by atomic mass is 32.2. The summed E-state index contributed by atoms with van der Waals surface area (Å²) in [5, 5.41) is 5.31. The lowest BCUT2D eigenvalue weighted by atomic mass is 10.1. The topological polar surface area (TPSA) is 95.6 Å². The second-order valence-electron chi connectivity index (χ2n) is 6.13. The van der Waals surface area contributed by atoms with E-state index in [1.54, 1.807) is 51.1 Å². The van der Waals surface area contributed by atoms with Crippen LogP contribution in [0.5, 0.6) is 0 Å². The molecule has 2 aromatic rings. The Morgan fingerprint density at radius 1 is 1.00 bits per heavy atom. The summed E-state index contributed by atoms with van der Waals surface area (Å²) in [7, 11) is -2.12. The number of rotatable bonds is 7. The van der Waals surface area contributed by atoms with Gasteiger partial charge >= 0.3 is 0 Å². The summed E-state index contributed by atoms with van der Waals surface area (Å²) < 4.78 is 26.7. The number of nitrogens with zero attached hydrogens (tertiary/aromatic N) is 1. The summed E-state index contributed by atoms with van der Waals surface area (Å²) in [5.74, 6) is -0.699. The molecule has 28 heavy (non-hydrogen) atoms. The first-order valence-electron chi connectivity index (χ1n) is 8.99. The van der Waals surface area contributed by atoms with Crippen LogP contribution >= 0.6 is 0 Å². The van der Waals surface area contributed by atoms with Crippen LogP contribution in [0.4, 0.5) is 5.69 Å². The number of sulfonamides is 1. The van der Waals surface area contributed by atoms with Crippen LogP contribution in [0.25, 0.3) is 0 Å². The zero-order valence-electron chi connectivity index (χ0n) is 16.4. The van der Waals surface area contributed by atoms with E-state index >= 15 is 0 Å². The maximum atomic E-state index is 12.7. The van der Waals surface area contributed by atoms with Gasteiger partial charge in [0.1, 0.15) is 0 Å². The van der Waals surface area contributed by atoms with Crippen LogP contribution in [0.15, 0.2) is 47.4 Å². The normalized spacial score (nSPS) is 11.3. The summed E-state index contributed by atoms with van der Waals surface area (Å²) in [6.45, 7) is 5.96. The van der Waals surface area contributed by atoms with E-state index in [1.807, 2.05) is 0 Å². The number of amides is 2. The number of carbonyl (C=O) groups is 2. The van der Waals surface area contributed by atoms with Gasteiger partial charge in [0.25, 0.3) is 11.8 Å².